The van der Waals surface area contributed by atoms with Gasteiger partial charge in [-0.15, -0.1) is 0 Å². The predicted octanol–water partition coefficient (Wildman–Crippen LogP) is 4.83. The van der Waals surface area contributed by atoms with E-state index in [9.17, 15) is 21.6 Å². The Morgan fingerprint density at radius 2 is 1.41 bits per heavy atom. The van der Waals surface area contributed by atoms with Crippen molar-refractivity contribution in [1.82, 2.24) is 0 Å². The molecule has 0 saturated heterocycles. The quantitative estimate of drug-likeness (QED) is 0.423. The van der Waals surface area contributed by atoms with E-state index in [0.717, 1.165) is 4.31 Å². The zero-order valence-electron chi connectivity index (χ0n) is 18.1. The fraction of sp³-hybridized carbons (Fsp3) is 0.136. The molecule has 0 aliphatic rings. The Morgan fingerprint density at radius 3 is 1.94 bits per heavy atom. The van der Waals surface area contributed by atoms with Crippen LogP contribution >= 0.6 is 23.2 Å². The Hall–Kier alpha value is -2.79. The third-order valence-corrected chi connectivity index (χ3v) is 8.42. The summed E-state index contributed by atoms with van der Waals surface area (Å²) in [5.74, 6) is -0.477. The molecular formula is C22H21Cl2N3O5S2. The zero-order chi connectivity index (χ0) is 25.1. The first-order valence-electron chi connectivity index (χ1n) is 9.88. The molecule has 8 nitrogen and oxygen atoms in total. The Balaban J connectivity index is 1.70. The van der Waals surface area contributed by atoms with Gasteiger partial charge in [0.25, 0.3) is 15.9 Å². The van der Waals surface area contributed by atoms with Crippen LogP contribution in [-0.2, 0) is 20.0 Å². The van der Waals surface area contributed by atoms with Gasteiger partial charge in [0.15, 0.2) is 0 Å². The van der Waals surface area contributed by atoms with Crippen molar-refractivity contribution in [2.24, 2.45) is 0 Å². The van der Waals surface area contributed by atoms with Crippen LogP contribution in [0.2, 0.25) is 10.0 Å². The Morgan fingerprint density at radius 1 is 0.853 bits per heavy atom. The van der Waals surface area contributed by atoms with Crippen LogP contribution in [0.5, 0.6) is 0 Å². The number of carbonyl (C=O) groups excluding carboxylic acids is 1. The van der Waals surface area contributed by atoms with E-state index in [0.29, 0.717) is 16.9 Å². The van der Waals surface area contributed by atoms with E-state index >= 15 is 0 Å². The molecule has 0 fully saturated rings. The van der Waals surface area contributed by atoms with Gasteiger partial charge < -0.3 is 5.32 Å². The smallest absolute Gasteiger partial charge is 0.261 e. The highest BCUT2D eigenvalue weighted by Crippen LogP contribution is 2.25. The standard InChI is InChI=1S/C22H21Cl2N3O5S2/c1-3-33(29,30)27(2)20-8-4-15(5-9-20)22(28)25-18-6-10-21(11-7-18)34(31,32)26-19-13-16(23)12-17(24)14-19/h4-14,26H,3H2,1-2H3,(H,25,28). The summed E-state index contributed by atoms with van der Waals surface area (Å²) in [7, 11) is -5.87. The maximum absolute atomic E-state index is 12.6. The Labute approximate surface area is 208 Å². The van der Waals surface area contributed by atoms with Gasteiger partial charge in [-0.1, -0.05) is 23.2 Å². The minimum absolute atomic E-state index is 0.0221. The summed E-state index contributed by atoms with van der Waals surface area (Å²) in [5, 5.41) is 3.24. The summed E-state index contributed by atoms with van der Waals surface area (Å²) in [6, 6.07) is 16.0. The molecule has 0 aliphatic heterocycles. The molecule has 2 N–H and O–H groups in total. The van der Waals surface area contributed by atoms with E-state index in [4.69, 9.17) is 23.2 Å². The maximum Gasteiger partial charge on any atom is 0.261 e. The summed E-state index contributed by atoms with van der Waals surface area (Å²) >= 11 is 11.8. The number of nitrogens with zero attached hydrogens (tertiary/aromatic N) is 1. The van der Waals surface area contributed by atoms with Crippen molar-refractivity contribution in [3.05, 3.63) is 82.3 Å². The highest BCUT2D eigenvalue weighted by molar-refractivity contribution is 7.93. The molecule has 180 valence electrons. The van der Waals surface area contributed by atoms with E-state index < -0.39 is 26.0 Å². The molecular weight excluding hydrogens is 521 g/mol. The third-order valence-electron chi connectivity index (χ3n) is 4.81. The van der Waals surface area contributed by atoms with Crippen LogP contribution in [-0.4, -0.2) is 35.5 Å². The van der Waals surface area contributed by atoms with Crippen molar-refractivity contribution in [3.63, 3.8) is 0 Å². The van der Waals surface area contributed by atoms with E-state index in [1.165, 1.54) is 73.8 Å². The number of nitrogens with one attached hydrogen (secondary N) is 2. The molecule has 12 heteroatoms. The lowest BCUT2D eigenvalue weighted by molar-refractivity contribution is 0.102. The fourth-order valence-electron chi connectivity index (χ4n) is 2.92. The van der Waals surface area contributed by atoms with Crippen molar-refractivity contribution in [2.75, 3.05) is 27.1 Å². The van der Waals surface area contributed by atoms with Crippen molar-refractivity contribution in [2.45, 2.75) is 11.8 Å². The number of amides is 1. The first kappa shape index (κ1) is 25.8. The third kappa shape index (κ3) is 6.20. The zero-order valence-corrected chi connectivity index (χ0v) is 21.3. The first-order chi connectivity index (χ1) is 15.9. The number of hydrogen-bond donors (Lipinski definition) is 2. The second-order valence-corrected chi connectivity index (χ2v) is 12.0. The van der Waals surface area contributed by atoms with Crippen LogP contribution in [0.25, 0.3) is 0 Å². The van der Waals surface area contributed by atoms with E-state index in [1.807, 2.05) is 0 Å². The van der Waals surface area contributed by atoms with Crippen LogP contribution in [0.4, 0.5) is 17.1 Å². The van der Waals surface area contributed by atoms with Crippen molar-refractivity contribution >= 4 is 66.2 Å². The molecule has 0 saturated carbocycles. The van der Waals surface area contributed by atoms with Gasteiger partial charge in [-0.3, -0.25) is 13.8 Å². The summed E-state index contributed by atoms with van der Waals surface area (Å²) in [6.45, 7) is 1.55. The molecule has 0 unspecified atom stereocenters. The van der Waals surface area contributed by atoms with Crippen molar-refractivity contribution < 1.29 is 21.6 Å². The molecule has 34 heavy (non-hydrogen) atoms. The van der Waals surface area contributed by atoms with Gasteiger partial charge in [0.2, 0.25) is 10.0 Å². The number of carbonyl (C=O) groups is 1. The summed E-state index contributed by atoms with van der Waals surface area (Å²) < 4.78 is 52.8. The highest BCUT2D eigenvalue weighted by atomic mass is 35.5. The van der Waals surface area contributed by atoms with Crippen LogP contribution in [0.1, 0.15) is 17.3 Å². The summed E-state index contributed by atoms with van der Waals surface area (Å²) in [6.07, 6.45) is 0. The van der Waals surface area contributed by atoms with Crippen LogP contribution < -0.4 is 14.3 Å². The molecule has 1 amide bonds. The number of anilines is 3. The average molecular weight is 542 g/mol. The second kappa shape index (κ2) is 10.2. The molecule has 0 radical (unpaired) electrons. The Bertz CT molecular complexity index is 1390. The van der Waals surface area contributed by atoms with Gasteiger partial charge in [-0.05, 0) is 73.7 Å². The van der Waals surface area contributed by atoms with Gasteiger partial charge in [-0.25, -0.2) is 16.8 Å². The summed E-state index contributed by atoms with van der Waals surface area (Å²) in [5.41, 5.74) is 1.34. The SMILES string of the molecule is CCS(=O)(=O)N(C)c1ccc(C(=O)Nc2ccc(S(=O)(=O)Nc3cc(Cl)cc(Cl)c3)cc2)cc1. The van der Waals surface area contributed by atoms with Crippen LogP contribution in [0.15, 0.2) is 71.6 Å². The fourth-order valence-corrected chi connectivity index (χ4v) is 5.32. The van der Waals surface area contributed by atoms with Crippen LogP contribution in [0.3, 0.4) is 0 Å². The first-order valence-corrected chi connectivity index (χ1v) is 13.7. The molecule has 0 aliphatic carbocycles. The van der Waals surface area contributed by atoms with Crippen molar-refractivity contribution in [1.29, 1.82) is 0 Å². The number of rotatable bonds is 8. The van der Waals surface area contributed by atoms with Gasteiger partial charge in [0, 0.05) is 28.3 Å². The molecule has 0 atom stereocenters. The lowest BCUT2D eigenvalue weighted by Crippen LogP contribution is -2.28. The molecule has 0 heterocycles. The largest absolute Gasteiger partial charge is 0.322 e. The lowest BCUT2D eigenvalue weighted by atomic mass is 10.2. The molecule has 3 aromatic rings. The molecule has 0 aromatic heterocycles. The summed E-state index contributed by atoms with van der Waals surface area (Å²) in [4.78, 5) is 12.5. The molecule has 3 rings (SSSR count). The molecule has 0 bridgehead atoms. The number of hydrogen-bond acceptors (Lipinski definition) is 5. The van der Waals surface area contributed by atoms with Crippen LogP contribution in [0, 0.1) is 0 Å². The normalized spacial score (nSPS) is 11.6. The number of halogens is 2. The minimum atomic E-state index is -3.91. The van der Waals surface area contributed by atoms with E-state index in [1.54, 1.807) is 6.92 Å². The average Bonchev–Trinajstić information content (AvgIpc) is 2.78. The predicted molar refractivity (Wildman–Crippen MR) is 136 cm³/mol. The van der Waals surface area contributed by atoms with Crippen molar-refractivity contribution in [3.8, 4) is 0 Å². The minimum Gasteiger partial charge on any atom is -0.322 e. The number of sulfonamides is 2. The lowest BCUT2D eigenvalue weighted by Gasteiger charge is -2.18. The van der Waals surface area contributed by atoms with E-state index in [2.05, 4.69) is 10.0 Å². The molecule has 3 aromatic carbocycles. The van der Waals surface area contributed by atoms with E-state index in [-0.39, 0.29) is 26.4 Å². The maximum atomic E-state index is 12.6. The highest BCUT2D eigenvalue weighted by Gasteiger charge is 2.17. The van der Waals surface area contributed by atoms with Gasteiger partial charge in [-0.2, -0.15) is 0 Å². The Kier molecular flexibility index (Phi) is 7.77. The second-order valence-electron chi connectivity index (χ2n) is 7.16. The van der Waals surface area contributed by atoms with Gasteiger partial charge >= 0.3 is 0 Å². The number of benzene rings is 3. The van der Waals surface area contributed by atoms with Gasteiger partial charge in [0.05, 0.1) is 22.0 Å². The molecule has 0 spiro atoms. The monoisotopic (exact) mass is 541 g/mol. The van der Waals surface area contributed by atoms with Gasteiger partial charge in [0.1, 0.15) is 0 Å². The topological polar surface area (TPSA) is 113 Å².